The first-order valence-electron chi connectivity index (χ1n) is 6.10. The monoisotopic (exact) mass is 312 g/mol. The average Bonchev–Trinajstić information content (AvgIpc) is 2.46. The van der Waals surface area contributed by atoms with Crippen LogP contribution in [0.5, 0.6) is 0 Å². The maximum absolute atomic E-state index is 13.5. The Bertz CT molecular complexity index is 732. The van der Waals surface area contributed by atoms with Crippen molar-refractivity contribution < 1.29 is 22.0 Å². The number of nitrogens with one attached hydrogen (secondary N) is 1. The number of hydrogen-bond donors (Lipinski definition) is 1. The van der Waals surface area contributed by atoms with Gasteiger partial charge in [0.2, 0.25) is 0 Å². The largest absolute Gasteiger partial charge is 0.419 e. The van der Waals surface area contributed by atoms with Crippen LogP contribution in [0.4, 0.5) is 27.6 Å². The van der Waals surface area contributed by atoms with Gasteiger partial charge in [-0.2, -0.15) is 18.4 Å². The van der Waals surface area contributed by atoms with Crippen molar-refractivity contribution in [2.45, 2.75) is 12.7 Å². The van der Waals surface area contributed by atoms with Gasteiger partial charge in [0.1, 0.15) is 11.6 Å². The Morgan fingerprint density at radius 3 is 2.32 bits per heavy atom. The lowest BCUT2D eigenvalue weighted by atomic mass is 10.1. The number of rotatable bonds is 3. The lowest BCUT2D eigenvalue weighted by Crippen LogP contribution is -2.10. The molecule has 22 heavy (non-hydrogen) atoms. The van der Waals surface area contributed by atoms with Gasteiger partial charge in [0.15, 0.2) is 0 Å². The molecule has 0 unspecified atom stereocenters. The molecule has 0 spiro atoms. The van der Waals surface area contributed by atoms with Gasteiger partial charge < -0.3 is 5.32 Å². The van der Waals surface area contributed by atoms with Crippen molar-refractivity contribution in [3.05, 3.63) is 64.7 Å². The van der Waals surface area contributed by atoms with Crippen molar-refractivity contribution in [3.8, 4) is 6.07 Å². The Hall–Kier alpha value is -2.62. The summed E-state index contributed by atoms with van der Waals surface area (Å²) in [5, 5.41) is 11.3. The van der Waals surface area contributed by atoms with Gasteiger partial charge in [0, 0.05) is 6.54 Å². The van der Waals surface area contributed by atoms with Gasteiger partial charge in [0.05, 0.1) is 22.9 Å². The second-order valence-electron chi connectivity index (χ2n) is 4.47. The van der Waals surface area contributed by atoms with E-state index >= 15 is 0 Å². The lowest BCUT2D eigenvalue weighted by molar-refractivity contribution is -0.140. The summed E-state index contributed by atoms with van der Waals surface area (Å²) in [7, 11) is 0. The molecule has 0 aliphatic carbocycles. The van der Waals surface area contributed by atoms with Crippen LogP contribution in [0.2, 0.25) is 0 Å². The number of benzene rings is 2. The highest BCUT2D eigenvalue weighted by atomic mass is 19.4. The fourth-order valence-electron chi connectivity index (χ4n) is 1.83. The highest BCUT2D eigenvalue weighted by molar-refractivity contribution is 5.50. The minimum atomic E-state index is -4.80. The highest BCUT2D eigenvalue weighted by Gasteiger charge is 2.34. The van der Waals surface area contributed by atoms with Crippen molar-refractivity contribution in [1.82, 2.24) is 0 Å². The van der Waals surface area contributed by atoms with Gasteiger partial charge in [-0.15, -0.1) is 0 Å². The van der Waals surface area contributed by atoms with Crippen LogP contribution in [0.15, 0.2) is 36.4 Å². The Labute approximate surface area is 122 Å². The first kappa shape index (κ1) is 15.8. The molecule has 2 nitrogen and oxygen atoms in total. The van der Waals surface area contributed by atoms with Crippen LogP contribution in [-0.2, 0) is 12.7 Å². The van der Waals surface area contributed by atoms with Crippen LogP contribution in [0.3, 0.4) is 0 Å². The van der Waals surface area contributed by atoms with Crippen molar-refractivity contribution >= 4 is 5.69 Å². The molecule has 0 aromatic heterocycles. The molecule has 2 aromatic rings. The Balaban J connectivity index is 2.21. The zero-order valence-corrected chi connectivity index (χ0v) is 11.0. The zero-order valence-electron chi connectivity index (χ0n) is 11.0. The van der Waals surface area contributed by atoms with E-state index in [1.54, 1.807) is 0 Å². The predicted octanol–water partition coefficient (Wildman–Crippen LogP) is 4.47. The quantitative estimate of drug-likeness (QED) is 0.849. The fraction of sp³-hybridized carbons (Fsp3) is 0.133. The summed E-state index contributed by atoms with van der Waals surface area (Å²) in [6.07, 6.45) is -4.80. The van der Waals surface area contributed by atoms with E-state index in [1.165, 1.54) is 18.2 Å². The third-order valence-corrected chi connectivity index (χ3v) is 2.91. The number of hydrogen-bond acceptors (Lipinski definition) is 2. The molecule has 2 rings (SSSR count). The minimum Gasteiger partial charge on any atom is -0.379 e. The molecule has 114 valence electrons. The van der Waals surface area contributed by atoms with Gasteiger partial charge in [-0.1, -0.05) is 6.07 Å². The SMILES string of the molecule is N#Cc1ccc(F)c(NCc2ccc(F)c(C(F)(F)F)c2)c1. The van der Waals surface area contributed by atoms with Crippen LogP contribution in [0.1, 0.15) is 16.7 Å². The van der Waals surface area contributed by atoms with Crippen molar-refractivity contribution in [3.63, 3.8) is 0 Å². The van der Waals surface area contributed by atoms with Crippen LogP contribution in [0.25, 0.3) is 0 Å². The number of anilines is 1. The van der Waals surface area contributed by atoms with E-state index in [1.807, 2.05) is 6.07 Å². The molecule has 0 fully saturated rings. The van der Waals surface area contributed by atoms with E-state index in [0.717, 1.165) is 6.07 Å². The molecule has 0 amide bonds. The van der Waals surface area contributed by atoms with Crippen LogP contribution >= 0.6 is 0 Å². The van der Waals surface area contributed by atoms with Crippen LogP contribution in [0, 0.1) is 23.0 Å². The molecule has 1 N–H and O–H groups in total. The Morgan fingerprint density at radius 2 is 1.68 bits per heavy atom. The third-order valence-electron chi connectivity index (χ3n) is 2.91. The maximum atomic E-state index is 13.5. The number of nitrogens with zero attached hydrogens (tertiary/aromatic N) is 1. The van der Waals surface area contributed by atoms with Crippen LogP contribution < -0.4 is 5.32 Å². The second-order valence-corrected chi connectivity index (χ2v) is 4.47. The zero-order chi connectivity index (χ0) is 16.3. The van der Waals surface area contributed by atoms with Crippen molar-refractivity contribution in [1.29, 1.82) is 5.26 Å². The number of alkyl halides is 3. The third kappa shape index (κ3) is 3.52. The lowest BCUT2D eigenvalue weighted by Gasteiger charge is -2.12. The van der Waals surface area contributed by atoms with E-state index in [-0.39, 0.29) is 23.4 Å². The normalized spacial score (nSPS) is 11.1. The van der Waals surface area contributed by atoms with Gasteiger partial charge in [0.25, 0.3) is 0 Å². The summed E-state index contributed by atoms with van der Waals surface area (Å²) in [5.74, 6) is -2.01. The maximum Gasteiger partial charge on any atom is 0.419 e. The van der Waals surface area contributed by atoms with Crippen molar-refractivity contribution in [2.24, 2.45) is 0 Å². The molecule has 0 saturated carbocycles. The van der Waals surface area contributed by atoms with E-state index < -0.39 is 23.4 Å². The molecular formula is C15H9F5N2. The van der Waals surface area contributed by atoms with E-state index in [9.17, 15) is 22.0 Å². The molecule has 2 aromatic carbocycles. The summed E-state index contributed by atoms with van der Waals surface area (Å²) in [6.45, 7) is -0.144. The summed E-state index contributed by atoms with van der Waals surface area (Å²) in [5.41, 5.74) is -1.05. The molecule has 0 heterocycles. The van der Waals surface area contributed by atoms with E-state index in [2.05, 4.69) is 5.32 Å². The molecule has 0 radical (unpaired) electrons. The molecule has 0 bridgehead atoms. The molecule has 0 atom stereocenters. The summed E-state index contributed by atoms with van der Waals surface area (Å²) in [4.78, 5) is 0. The van der Waals surface area contributed by atoms with Gasteiger partial charge >= 0.3 is 6.18 Å². The summed E-state index contributed by atoms with van der Waals surface area (Å²) < 4.78 is 64.5. The summed E-state index contributed by atoms with van der Waals surface area (Å²) >= 11 is 0. The minimum absolute atomic E-state index is 0.0167. The topological polar surface area (TPSA) is 35.8 Å². The smallest absolute Gasteiger partial charge is 0.379 e. The molecule has 0 saturated heterocycles. The number of nitriles is 1. The molecule has 0 aliphatic rings. The molecule has 0 aliphatic heterocycles. The van der Waals surface area contributed by atoms with E-state index in [4.69, 9.17) is 5.26 Å². The summed E-state index contributed by atoms with van der Waals surface area (Å²) in [6, 6.07) is 7.96. The predicted molar refractivity (Wildman–Crippen MR) is 69.8 cm³/mol. The first-order valence-corrected chi connectivity index (χ1v) is 6.10. The fourth-order valence-corrected chi connectivity index (χ4v) is 1.83. The van der Waals surface area contributed by atoms with Gasteiger partial charge in [-0.25, -0.2) is 8.78 Å². The van der Waals surface area contributed by atoms with Gasteiger partial charge in [-0.05, 0) is 35.9 Å². The van der Waals surface area contributed by atoms with Crippen LogP contribution in [-0.4, -0.2) is 0 Å². The van der Waals surface area contributed by atoms with E-state index in [0.29, 0.717) is 12.1 Å². The molecular weight excluding hydrogens is 303 g/mol. The number of halogens is 5. The Kier molecular flexibility index (Phi) is 4.31. The Morgan fingerprint density at radius 1 is 1.00 bits per heavy atom. The van der Waals surface area contributed by atoms with Gasteiger partial charge in [-0.3, -0.25) is 0 Å². The van der Waals surface area contributed by atoms with Crippen molar-refractivity contribution in [2.75, 3.05) is 5.32 Å². The average molecular weight is 312 g/mol. The first-order chi connectivity index (χ1) is 10.3. The molecule has 7 heteroatoms. The highest BCUT2D eigenvalue weighted by Crippen LogP contribution is 2.32. The standard InChI is InChI=1S/C15H9F5N2/c16-12-3-2-10(5-11(12)15(18,19)20)8-22-14-6-9(7-21)1-4-13(14)17/h1-6,22H,8H2. The second kappa shape index (κ2) is 6.02.